The maximum absolute atomic E-state index is 12.9. The van der Waals surface area contributed by atoms with Crippen molar-refractivity contribution >= 4 is 17.4 Å². The average molecular weight is 310 g/mol. The quantitative estimate of drug-likeness (QED) is 0.923. The summed E-state index contributed by atoms with van der Waals surface area (Å²) >= 11 is 0. The van der Waals surface area contributed by atoms with Gasteiger partial charge in [-0.3, -0.25) is 9.58 Å². The predicted molar refractivity (Wildman–Crippen MR) is 90.9 cm³/mol. The Morgan fingerprint density at radius 2 is 2.13 bits per heavy atom. The van der Waals surface area contributed by atoms with Gasteiger partial charge in [0.1, 0.15) is 0 Å². The lowest BCUT2D eigenvalue weighted by Crippen LogP contribution is -2.42. The lowest BCUT2D eigenvalue weighted by Gasteiger charge is -2.38. The second-order valence-corrected chi connectivity index (χ2v) is 6.68. The zero-order valence-electron chi connectivity index (χ0n) is 13.7. The first kappa shape index (κ1) is 14.3. The van der Waals surface area contributed by atoms with Crippen LogP contribution >= 0.6 is 0 Å². The van der Waals surface area contributed by atoms with E-state index in [1.807, 2.05) is 31.1 Å². The van der Waals surface area contributed by atoms with E-state index in [0.717, 1.165) is 30.0 Å². The summed E-state index contributed by atoms with van der Waals surface area (Å²) in [6.07, 6.45) is 6.29. The number of benzene rings is 1. The summed E-state index contributed by atoms with van der Waals surface area (Å²) in [5.41, 5.74) is 4.32. The van der Waals surface area contributed by atoms with Crippen molar-refractivity contribution in [3.05, 3.63) is 41.7 Å². The molecule has 1 aliphatic carbocycles. The number of aryl methyl sites for hydroxylation is 2. The van der Waals surface area contributed by atoms with Crippen molar-refractivity contribution in [1.82, 2.24) is 9.78 Å². The van der Waals surface area contributed by atoms with Crippen LogP contribution in [0.1, 0.15) is 37.4 Å². The van der Waals surface area contributed by atoms with Crippen LogP contribution in [0.25, 0.3) is 0 Å². The van der Waals surface area contributed by atoms with Crippen molar-refractivity contribution in [3.63, 3.8) is 0 Å². The smallest absolute Gasteiger partial charge is 0.304 e. The number of carbonyl (C=O) groups excluding carboxylic acids is 1. The van der Waals surface area contributed by atoms with Gasteiger partial charge in [0, 0.05) is 30.9 Å². The third kappa shape index (κ3) is 2.14. The Bertz CT molecular complexity index is 760. The molecule has 4 rings (SSSR count). The van der Waals surface area contributed by atoms with Gasteiger partial charge in [-0.1, -0.05) is 31.5 Å². The first-order valence-electron chi connectivity index (χ1n) is 8.33. The lowest BCUT2D eigenvalue weighted by atomic mass is 9.66. The summed E-state index contributed by atoms with van der Waals surface area (Å²) in [6.45, 7) is 2.84. The standard InChI is InChI=1S/C18H22N4O/c1-3-14-15(11-21(2)20-14)19-17(23)22-12-18(9-6-10-18)13-7-4-5-8-16(13)22/h4-5,7-8,11H,3,6,9-10,12H2,1-2H3,(H,19,23). The molecule has 2 aromatic rings. The molecular formula is C18H22N4O. The highest BCUT2D eigenvalue weighted by atomic mass is 16.2. The molecule has 1 aromatic heterocycles. The minimum atomic E-state index is -0.0519. The highest BCUT2D eigenvalue weighted by Crippen LogP contribution is 2.52. The second kappa shape index (κ2) is 5.11. The van der Waals surface area contributed by atoms with Crippen molar-refractivity contribution < 1.29 is 4.79 Å². The van der Waals surface area contributed by atoms with Gasteiger partial charge in [0.25, 0.3) is 0 Å². The number of hydrogen-bond donors (Lipinski definition) is 1. The van der Waals surface area contributed by atoms with Crippen LogP contribution < -0.4 is 10.2 Å². The zero-order valence-corrected chi connectivity index (χ0v) is 13.7. The molecule has 0 atom stereocenters. The number of amides is 2. The zero-order chi connectivity index (χ0) is 16.0. The number of nitrogens with zero attached hydrogens (tertiary/aromatic N) is 3. The Hall–Kier alpha value is -2.30. The molecule has 5 heteroatoms. The summed E-state index contributed by atoms with van der Waals surface area (Å²) in [7, 11) is 1.88. The molecule has 0 radical (unpaired) electrons. The van der Waals surface area contributed by atoms with Crippen molar-refractivity contribution in [2.75, 3.05) is 16.8 Å². The Labute approximate surface area is 136 Å². The summed E-state index contributed by atoms with van der Waals surface area (Å²) in [6, 6.07) is 8.29. The highest BCUT2D eigenvalue weighted by molar-refractivity contribution is 6.04. The fourth-order valence-corrected chi connectivity index (χ4v) is 3.93. The fourth-order valence-electron chi connectivity index (χ4n) is 3.93. The minimum absolute atomic E-state index is 0.0519. The SMILES string of the molecule is CCc1nn(C)cc1NC(=O)N1CC2(CCC2)c2ccccc21. The Kier molecular flexibility index (Phi) is 3.18. The van der Waals surface area contributed by atoms with E-state index in [9.17, 15) is 4.79 Å². The summed E-state index contributed by atoms with van der Waals surface area (Å²) in [5, 5.41) is 7.45. The van der Waals surface area contributed by atoms with Gasteiger partial charge in [-0.15, -0.1) is 0 Å². The Balaban J connectivity index is 1.62. The fraction of sp³-hybridized carbons (Fsp3) is 0.444. The molecule has 0 bridgehead atoms. The summed E-state index contributed by atoms with van der Waals surface area (Å²) in [5.74, 6) is 0. The van der Waals surface area contributed by atoms with Gasteiger partial charge in [0.05, 0.1) is 11.4 Å². The van der Waals surface area contributed by atoms with Crippen molar-refractivity contribution in [2.45, 2.75) is 38.0 Å². The number of anilines is 2. The van der Waals surface area contributed by atoms with Crippen LogP contribution in [-0.2, 0) is 18.9 Å². The molecule has 2 heterocycles. The molecule has 1 N–H and O–H groups in total. The molecule has 1 aliphatic heterocycles. The number of hydrogen-bond acceptors (Lipinski definition) is 2. The van der Waals surface area contributed by atoms with E-state index in [1.165, 1.54) is 24.8 Å². The molecular weight excluding hydrogens is 288 g/mol. The van der Waals surface area contributed by atoms with Gasteiger partial charge in [0.2, 0.25) is 0 Å². The molecule has 2 amide bonds. The number of rotatable bonds is 2. The lowest BCUT2D eigenvalue weighted by molar-refractivity contribution is 0.244. The first-order valence-corrected chi connectivity index (χ1v) is 8.33. The van der Waals surface area contributed by atoms with E-state index in [1.54, 1.807) is 4.68 Å². The molecule has 1 aromatic carbocycles. The van der Waals surface area contributed by atoms with Crippen LogP contribution in [-0.4, -0.2) is 22.4 Å². The van der Waals surface area contributed by atoms with E-state index in [4.69, 9.17) is 0 Å². The molecule has 0 saturated heterocycles. The topological polar surface area (TPSA) is 50.2 Å². The third-order valence-corrected chi connectivity index (χ3v) is 5.26. The van der Waals surface area contributed by atoms with Crippen LogP contribution in [0.15, 0.2) is 30.5 Å². The first-order chi connectivity index (χ1) is 11.1. The van der Waals surface area contributed by atoms with Crippen LogP contribution in [0.4, 0.5) is 16.2 Å². The van der Waals surface area contributed by atoms with Gasteiger partial charge in [-0.25, -0.2) is 4.79 Å². The van der Waals surface area contributed by atoms with Gasteiger partial charge >= 0.3 is 6.03 Å². The number of fused-ring (bicyclic) bond motifs is 2. The van der Waals surface area contributed by atoms with Gasteiger partial charge < -0.3 is 5.32 Å². The van der Waals surface area contributed by atoms with E-state index >= 15 is 0 Å². The molecule has 1 spiro atoms. The third-order valence-electron chi connectivity index (χ3n) is 5.26. The summed E-state index contributed by atoms with van der Waals surface area (Å²) in [4.78, 5) is 14.8. The van der Waals surface area contributed by atoms with E-state index in [2.05, 4.69) is 28.6 Å². The Morgan fingerprint density at radius 1 is 1.35 bits per heavy atom. The van der Waals surface area contributed by atoms with E-state index < -0.39 is 0 Å². The molecule has 0 unspecified atom stereocenters. The van der Waals surface area contributed by atoms with Gasteiger partial charge in [0.15, 0.2) is 0 Å². The van der Waals surface area contributed by atoms with Gasteiger partial charge in [-0.05, 0) is 30.9 Å². The number of nitrogens with one attached hydrogen (secondary N) is 1. The van der Waals surface area contributed by atoms with E-state index in [0.29, 0.717) is 0 Å². The van der Waals surface area contributed by atoms with Crippen LogP contribution in [0.5, 0.6) is 0 Å². The number of carbonyl (C=O) groups is 1. The van der Waals surface area contributed by atoms with E-state index in [-0.39, 0.29) is 11.4 Å². The monoisotopic (exact) mass is 310 g/mol. The molecule has 1 fully saturated rings. The molecule has 2 aliphatic rings. The van der Waals surface area contributed by atoms with Gasteiger partial charge in [-0.2, -0.15) is 5.10 Å². The molecule has 120 valence electrons. The number of urea groups is 1. The van der Waals surface area contributed by atoms with Crippen LogP contribution in [0.2, 0.25) is 0 Å². The normalized spacial score (nSPS) is 17.9. The number of aromatic nitrogens is 2. The van der Waals surface area contributed by atoms with Crippen molar-refractivity contribution in [1.29, 1.82) is 0 Å². The Morgan fingerprint density at radius 3 is 2.83 bits per heavy atom. The maximum Gasteiger partial charge on any atom is 0.326 e. The minimum Gasteiger partial charge on any atom is -0.304 e. The second-order valence-electron chi connectivity index (χ2n) is 6.68. The largest absolute Gasteiger partial charge is 0.326 e. The molecule has 23 heavy (non-hydrogen) atoms. The summed E-state index contributed by atoms with van der Waals surface area (Å²) < 4.78 is 1.75. The van der Waals surface area contributed by atoms with Crippen molar-refractivity contribution in [3.8, 4) is 0 Å². The molecule has 1 saturated carbocycles. The number of para-hydroxylation sites is 1. The highest BCUT2D eigenvalue weighted by Gasteiger charge is 2.48. The van der Waals surface area contributed by atoms with Crippen LogP contribution in [0, 0.1) is 0 Å². The average Bonchev–Trinajstić information content (AvgIpc) is 3.04. The van der Waals surface area contributed by atoms with Crippen molar-refractivity contribution in [2.24, 2.45) is 7.05 Å². The maximum atomic E-state index is 12.9. The molecule has 5 nitrogen and oxygen atoms in total. The predicted octanol–water partition coefficient (Wildman–Crippen LogP) is 3.46. The van der Waals surface area contributed by atoms with Crippen LogP contribution in [0.3, 0.4) is 0 Å².